The van der Waals surface area contributed by atoms with E-state index >= 15 is 0 Å². The van der Waals surface area contributed by atoms with Crippen molar-refractivity contribution in [1.29, 1.82) is 0 Å². The van der Waals surface area contributed by atoms with Gasteiger partial charge in [0.05, 0.1) is 12.0 Å². The number of cyclic esters (lactones) is 1. The number of aliphatic hydroxyl groups is 1. The van der Waals surface area contributed by atoms with Gasteiger partial charge in [-0.1, -0.05) is 51.6 Å². The largest absolute Gasteiger partial charge is 0.462 e. The highest BCUT2D eigenvalue weighted by atomic mass is 16.5. The van der Waals surface area contributed by atoms with Gasteiger partial charge in [-0.25, -0.2) is 4.79 Å². The average molecular weight is 260 g/mol. The molecule has 1 N–H and O–H groups in total. The molecule has 0 saturated carbocycles. The van der Waals surface area contributed by atoms with Crippen molar-refractivity contribution >= 4 is 5.97 Å². The lowest BCUT2D eigenvalue weighted by Gasteiger charge is -2.21. The fourth-order valence-corrected chi connectivity index (χ4v) is 2.20. The Morgan fingerprint density at radius 3 is 2.32 bits per heavy atom. The molecule has 1 aromatic carbocycles. The van der Waals surface area contributed by atoms with Crippen LogP contribution >= 0.6 is 0 Å². The molecule has 1 fully saturated rings. The number of hydrogen-bond donors (Lipinski definition) is 1. The Labute approximate surface area is 113 Å². The number of ether oxygens (including phenoxy) is 1. The van der Waals surface area contributed by atoms with Gasteiger partial charge in [0.25, 0.3) is 0 Å². The van der Waals surface area contributed by atoms with E-state index in [1.807, 2.05) is 24.3 Å². The summed E-state index contributed by atoms with van der Waals surface area (Å²) in [5, 5.41) is 10.3. The second-order valence-electron chi connectivity index (χ2n) is 6.05. The van der Waals surface area contributed by atoms with E-state index in [4.69, 9.17) is 4.74 Å². The van der Waals surface area contributed by atoms with E-state index in [1.165, 1.54) is 5.56 Å². The molecular formula is C16H20O3. The molecule has 1 aliphatic rings. The van der Waals surface area contributed by atoms with Crippen molar-refractivity contribution < 1.29 is 14.6 Å². The smallest absolute Gasteiger partial charge is 0.333 e. The molecule has 0 bridgehead atoms. The van der Waals surface area contributed by atoms with E-state index in [-0.39, 0.29) is 17.9 Å². The summed E-state index contributed by atoms with van der Waals surface area (Å²) in [5.74, 6) is -0.747. The standard InChI is InChI=1S/C16H20O3/c1-10-13(9-19-15(10)18)14(17)11-5-7-12(8-6-11)16(2,3)4/h5-8,13-14,17H,1,9H2,2-4H3/t13-,14+/m1/s1. The molecule has 0 unspecified atom stereocenters. The van der Waals surface area contributed by atoms with Crippen LogP contribution in [0.25, 0.3) is 0 Å². The Balaban J connectivity index is 2.19. The lowest BCUT2D eigenvalue weighted by atomic mass is 9.85. The van der Waals surface area contributed by atoms with Crippen LogP contribution in [-0.2, 0) is 14.9 Å². The number of esters is 1. The lowest BCUT2D eigenvalue weighted by molar-refractivity contribution is -0.135. The Bertz CT molecular complexity index is 494. The maximum absolute atomic E-state index is 11.3. The van der Waals surface area contributed by atoms with Crippen molar-refractivity contribution in [2.45, 2.75) is 32.3 Å². The minimum atomic E-state index is -0.743. The first-order chi connectivity index (χ1) is 8.80. The van der Waals surface area contributed by atoms with Gasteiger partial charge in [-0.2, -0.15) is 0 Å². The van der Waals surface area contributed by atoms with Gasteiger partial charge < -0.3 is 9.84 Å². The Hall–Kier alpha value is -1.61. The summed E-state index contributed by atoms with van der Waals surface area (Å²) in [7, 11) is 0. The van der Waals surface area contributed by atoms with Crippen molar-refractivity contribution in [3.63, 3.8) is 0 Å². The number of benzene rings is 1. The lowest BCUT2D eigenvalue weighted by Crippen LogP contribution is -2.15. The van der Waals surface area contributed by atoms with Crippen LogP contribution in [0.2, 0.25) is 0 Å². The minimum Gasteiger partial charge on any atom is -0.462 e. The van der Waals surface area contributed by atoms with Gasteiger partial charge in [0.15, 0.2) is 0 Å². The molecule has 0 radical (unpaired) electrons. The highest BCUT2D eigenvalue weighted by molar-refractivity contribution is 5.90. The Kier molecular flexibility index (Phi) is 3.50. The maximum Gasteiger partial charge on any atom is 0.333 e. The minimum absolute atomic E-state index is 0.0829. The third kappa shape index (κ3) is 2.71. The van der Waals surface area contributed by atoms with Crippen LogP contribution < -0.4 is 0 Å². The quantitative estimate of drug-likeness (QED) is 0.657. The van der Waals surface area contributed by atoms with Crippen LogP contribution in [-0.4, -0.2) is 17.7 Å². The van der Waals surface area contributed by atoms with Crippen LogP contribution in [0, 0.1) is 5.92 Å². The normalized spacial score (nSPS) is 21.4. The summed E-state index contributed by atoms with van der Waals surface area (Å²) in [6.45, 7) is 10.3. The first-order valence-corrected chi connectivity index (χ1v) is 6.45. The molecular weight excluding hydrogens is 240 g/mol. The van der Waals surface area contributed by atoms with Gasteiger partial charge >= 0.3 is 5.97 Å². The van der Waals surface area contributed by atoms with E-state index in [1.54, 1.807) is 0 Å². The second kappa shape index (κ2) is 4.82. The van der Waals surface area contributed by atoms with Gasteiger partial charge in [0.2, 0.25) is 0 Å². The van der Waals surface area contributed by atoms with Gasteiger partial charge in [-0.05, 0) is 16.5 Å². The summed E-state index contributed by atoms with van der Waals surface area (Å²) in [6, 6.07) is 7.83. The van der Waals surface area contributed by atoms with E-state index in [0.717, 1.165) is 5.56 Å². The predicted octanol–water partition coefficient (Wildman–Crippen LogP) is 2.75. The number of carbonyl (C=O) groups is 1. The van der Waals surface area contributed by atoms with E-state index in [2.05, 4.69) is 27.4 Å². The van der Waals surface area contributed by atoms with Crippen molar-refractivity contribution in [3.8, 4) is 0 Å². The zero-order valence-electron chi connectivity index (χ0n) is 11.6. The number of aliphatic hydroxyl groups excluding tert-OH is 1. The van der Waals surface area contributed by atoms with Crippen molar-refractivity contribution in [2.24, 2.45) is 5.92 Å². The van der Waals surface area contributed by atoms with E-state index in [0.29, 0.717) is 5.57 Å². The molecule has 1 saturated heterocycles. The Morgan fingerprint density at radius 2 is 1.89 bits per heavy atom. The summed E-state index contributed by atoms with van der Waals surface area (Å²) in [4.78, 5) is 11.3. The molecule has 1 heterocycles. The summed E-state index contributed by atoms with van der Waals surface area (Å²) in [6.07, 6.45) is -0.743. The van der Waals surface area contributed by atoms with Crippen molar-refractivity contribution in [1.82, 2.24) is 0 Å². The van der Waals surface area contributed by atoms with Crippen LogP contribution in [0.15, 0.2) is 36.4 Å². The molecule has 1 aromatic rings. The fraction of sp³-hybridized carbons (Fsp3) is 0.438. The molecule has 102 valence electrons. The van der Waals surface area contributed by atoms with Crippen LogP contribution in [0.5, 0.6) is 0 Å². The van der Waals surface area contributed by atoms with Crippen molar-refractivity contribution in [3.05, 3.63) is 47.5 Å². The molecule has 2 rings (SSSR count). The molecule has 3 heteroatoms. The molecule has 0 amide bonds. The molecule has 0 aliphatic carbocycles. The first-order valence-electron chi connectivity index (χ1n) is 6.45. The fourth-order valence-electron chi connectivity index (χ4n) is 2.20. The van der Waals surface area contributed by atoms with E-state index in [9.17, 15) is 9.90 Å². The van der Waals surface area contributed by atoms with Crippen molar-refractivity contribution in [2.75, 3.05) is 6.61 Å². The topological polar surface area (TPSA) is 46.5 Å². The van der Waals surface area contributed by atoms with Gasteiger partial charge in [-0.3, -0.25) is 0 Å². The number of carbonyl (C=O) groups excluding carboxylic acids is 1. The average Bonchev–Trinajstić information content (AvgIpc) is 2.68. The number of hydrogen-bond acceptors (Lipinski definition) is 3. The molecule has 2 atom stereocenters. The highest BCUT2D eigenvalue weighted by Crippen LogP contribution is 2.33. The third-order valence-corrected chi connectivity index (χ3v) is 3.60. The SMILES string of the molecule is C=C1C(=O)OC[C@H]1[C@@H](O)c1ccc(C(C)(C)C)cc1. The third-order valence-electron chi connectivity index (χ3n) is 3.60. The Morgan fingerprint density at radius 1 is 1.32 bits per heavy atom. The highest BCUT2D eigenvalue weighted by Gasteiger charge is 2.35. The molecule has 0 spiro atoms. The molecule has 0 aromatic heterocycles. The molecule has 19 heavy (non-hydrogen) atoms. The predicted molar refractivity (Wildman–Crippen MR) is 73.7 cm³/mol. The van der Waals surface area contributed by atoms with Gasteiger partial charge in [-0.15, -0.1) is 0 Å². The summed E-state index contributed by atoms with van der Waals surface area (Å²) in [5.41, 5.74) is 2.44. The monoisotopic (exact) mass is 260 g/mol. The zero-order chi connectivity index (χ0) is 14.2. The van der Waals surface area contributed by atoms with E-state index < -0.39 is 12.1 Å². The zero-order valence-corrected chi connectivity index (χ0v) is 11.6. The van der Waals surface area contributed by atoms with Gasteiger partial charge in [0, 0.05) is 5.57 Å². The van der Waals surface area contributed by atoms with Gasteiger partial charge in [0.1, 0.15) is 6.61 Å². The molecule has 3 nitrogen and oxygen atoms in total. The van der Waals surface area contributed by atoms with Crippen LogP contribution in [0.1, 0.15) is 38.0 Å². The van der Waals surface area contributed by atoms with Crippen LogP contribution in [0.3, 0.4) is 0 Å². The van der Waals surface area contributed by atoms with Crippen LogP contribution in [0.4, 0.5) is 0 Å². The summed E-state index contributed by atoms with van der Waals surface area (Å²) < 4.78 is 4.90. The maximum atomic E-state index is 11.3. The first kappa shape index (κ1) is 13.8. The number of rotatable bonds is 2. The second-order valence-corrected chi connectivity index (χ2v) is 6.05. The molecule has 1 aliphatic heterocycles. The summed E-state index contributed by atoms with van der Waals surface area (Å²) >= 11 is 0.